The number of rotatable bonds is 3. The first-order chi connectivity index (χ1) is 10.9. The van der Waals surface area contributed by atoms with Crippen molar-refractivity contribution in [1.29, 1.82) is 0 Å². The number of alkyl halides is 3. The fraction of sp³-hybridized carbons (Fsp3) is 0.154. The van der Waals surface area contributed by atoms with E-state index in [1.54, 1.807) is 6.07 Å². The third-order valence-corrected chi connectivity index (χ3v) is 3.52. The predicted octanol–water partition coefficient (Wildman–Crippen LogP) is 3.73. The van der Waals surface area contributed by atoms with E-state index < -0.39 is 12.0 Å². The molecule has 3 rings (SSSR count). The number of aromatic nitrogens is 4. The molecule has 0 fully saturated rings. The summed E-state index contributed by atoms with van der Waals surface area (Å²) in [6.45, 7) is 0. The molecule has 0 unspecified atom stereocenters. The van der Waals surface area contributed by atoms with Gasteiger partial charge in [-0.05, 0) is 40.8 Å². The minimum Gasteiger partial charge on any atom is -0.478 e. The molecule has 120 valence electrons. The van der Waals surface area contributed by atoms with Gasteiger partial charge in [0.1, 0.15) is 0 Å². The normalized spacial score (nSPS) is 11.7. The molecule has 6 nitrogen and oxygen atoms in total. The van der Waals surface area contributed by atoms with Crippen LogP contribution in [0.4, 0.5) is 24.7 Å². The maximum atomic E-state index is 12.7. The van der Waals surface area contributed by atoms with E-state index in [9.17, 15) is 13.2 Å². The summed E-state index contributed by atoms with van der Waals surface area (Å²) in [5.74, 6) is -0.906. The van der Waals surface area contributed by atoms with Gasteiger partial charge in [0.05, 0.1) is 7.11 Å². The van der Waals surface area contributed by atoms with Crippen LogP contribution in [0, 0.1) is 3.57 Å². The molecule has 0 spiro atoms. The van der Waals surface area contributed by atoms with E-state index >= 15 is 0 Å². The third kappa shape index (κ3) is 3.30. The molecule has 0 atom stereocenters. The summed E-state index contributed by atoms with van der Waals surface area (Å²) in [7, 11) is 1.36. The summed E-state index contributed by atoms with van der Waals surface area (Å²) in [6.07, 6.45) is -4.60. The zero-order valence-corrected chi connectivity index (χ0v) is 13.7. The number of methoxy groups -OCH3 is 1. The van der Waals surface area contributed by atoms with Crippen molar-refractivity contribution in [3.8, 4) is 5.88 Å². The van der Waals surface area contributed by atoms with E-state index in [0.29, 0.717) is 5.69 Å². The van der Waals surface area contributed by atoms with Gasteiger partial charge in [0.15, 0.2) is 17.1 Å². The fourth-order valence-electron chi connectivity index (χ4n) is 1.88. The Morgan fingerprint density at radius 2 is 2.00 bits per heavy atom. The molecule has 0 aliphatic heterocycles. The average Bonchev–Trinajstić information content (AvgIpc) is 2.89. The van der Waals surface area contributed by atoms with Crippen molar-refractivity contribution in [3.63, 3.8) is 0 Å². The number of nitrogens with zero attached hydrogens (tertiary/aromatic N) is 3. The van der Waals surface area contributed by atoms with Crippen molar-refractivity contribution in [3.05, 3.63) is 33.7 Å². The maximum Gasteiger partial charge on any atom is 0.449 e. The minimum atomic E-state index is -4.60. The van der Waals surface area contributed by atoms with Crippen LogP contribution in [0.15, 0.2) is 24.3 Å². The maximum absolute atomic E-state index is 12.7. The standard InChI is InChI=1S/C13H9F3IN5O/c1-23-11-10(18-7-4-2-3-6(17)5-7)19-8-9(20-11)22-12(21-8)13(14,15)16/h2-5H,1H3,(H2,18,19,20,21,22). The van der Waals surface area contributed by atoms with E-state index in [1.807, 2.05) is 18.2 Å². The number of imidazole rings is 1. The third-order valence-electron chi connectivity index (χ3n) is 2.85. The van der Waals surface area contributed by atoms with Crippen molar-refractivity contribution < 1.29 is 17.9 Å². The van der Waals surface area contributed by atoms with Crippen LogP contribution in [0.25, 0.3) is 11.3 Å². The zero-order valence-electron chi connectivity index (χ0n) is 11.6. The van der Waals surface area contributed by atoms with Gasteiger partial charge in [-0.25, -0.2) is 9.97 Å². The zero-order chi connectivity index (χ0) is 16.6. The van der Waals surface area contributed by atoms with Crippen molar-refractivity contribution in [2.45, 2.75) is 6.18 Å². The molecule has 0 saturated carbocycles. The lowest BCUT2D eigenvalue weighted by Crippen LogP contribution is -2.06. The van der Waals surface area contributed by atoms with Gasteiger partial charge < -0.3 is 15.0 Å². The Labute approximate surface area is 141 Å². The Hall–Kier alpha value is -2.11. The van der Waals surface area contributed by atoms with Crippen LogP contribution in [-0.2, 0) is 6.18 Å². The summed E-state index contributed by atoms with van der Waals surface area (Å²) in [5.41, 5.74) is 0.462. The quantitative estimate of drug-likeness (QED) is 0.614. The summed E-state index contributed by atoms with van der Waals surface area (Å²) in [5, 5.41) is 2.97. The first-order valence-electron chi connectivity index (χ1n) is 6.28. The van der Waals surface area contributed by atoms with E-state index in [-0.39, 0.29) is 23.0 Å². The molecular formula is C13H9F3IN5O. The molecule has 0 aliphatic carbocycles. The Morgan fingerprint density at radius 3 is 2.65 bits per heavy atom. The van der Waals surface area contributed by atoms with Gasteiger partial charge in [0, 0.05) is 9.26 Å². The lowest BCUT2D eigenvalue weighted by molar-refractivity contribution is -0.144. The van der Waals surface area contributed by atoms with Crippen LogP contribution >= 0.6 is 22.6 Å². The number of benzene rings is 1. The number of anilines is 2. The Balaban J connectivity index is 2.05. The smallest absolute Gasteiger partial charge is 0.449 e. The molecule has 23 heavy (non-hydrogen) atoms. The highest BCUT2D eigenvalue weighted by molar-refractivity contribution is 14.1. The van der Waals surface area contributed by atoms with Gasteiger partial charge in [-0.2, -0.15) is 18.2 Å². The van der Waals surface area contributed by atoms with E-state index in [1.165, 1.54) is 7.11 Å². The van der Waals surface area contributed by atoms with Gasteiger partial charge >= 0.3 is 6.18 Å². The lowest BCUT2D eigenvalue weighted by atomic mass is 10.3. The Bertz CT molecular complexity index is 864. The monoisotopic (exact) mass is 435 g/mol. The highest BCUT2D eigenvalue weighted by Gasteiger charge is 2.35. The molecule has 1 aromatic carbocycles. The number of hydrogen-bond donors (Lipinski definition) is 2. The van der Waals surface area contributed by atoms with E-state index in [4.69, 9.17) is 4.74 Å². The Morgan fingerprint density at radius 1 is 1.22 bits per heavy atom. The van der Waals surface area contributed by atoms with Crippen molar-refractivity contribution in [1.82, 2.24) is 19.9 Å². The molecule has 3 aromatic rings. The molecule has 0 radical (unpaired) electrons. The van der Waals surface area contributed by atoms with Gasteiger partial charge in [-0.15, -0.1) is 0 Å². The Kier molecular flexibility index (Phi) is 4.00. The van der Waals surface area contributed by atoms with E-state index in [2.05, 4.69) is 47.8 Å². The summed E-state index contributed by atoms with van der Waals surface area (Å²) < 4.78 is 44.2. The number of halogens is 4. The second kappa shape index (κ2) is 5.83. The molecular weight excluding hydrogens is 426 g/mol. The van der Waals surface area contributed by atoms with Crippen molar-refractivity contribution in [2.75, 3.05) is 12.4 Å². The highest BCUT2D eigenvalue weighted by Crippen LogP contribution is 2.30. The first-order valence-corrected chi connectivity index (χ1v) is 7.36. The number of hydrogen-bond acceptors (Lipinski definition) is 5. The molecule has 0 amide bonds. The van der Waals surface area contributed by atoms with Crippen LogP contribution in [-0.4, -0.2) is 27.0 Å². The van der Waals surface area contributed by atoms with Crippen LogP contribution < -0.4 is 10.1 Å². The van der Waals surface area contributed by atoms with Gasteiger partial charge in [0.2, 0.25) is 5.82 Å². The number of H-pyrrole nitrogens is 1. The fourth-order valence-corrected chi connectivity index (χ4v) is 2.42. The summed E-state index contributed by atoms with van der Waals surface area (Å²) in [4.78, 5) is 13.6. The first kappa shape index (κ1) is 15.8. The molecule has 2 heterocycles. The van der Waals surface area contributed by atoms with Crippen molar-refractivity contribution in [2.24, 2.45) is 0 Å². The highest BCUT2D eigenvalue weighted by atomic mass is 127. The second-order valence-corrected chi connectivity index (χ2v) is 5.72. The van der Waals surface area contributed by atoms with Gasteiger partial charge in [0.25, 0.3) is 5.88 Å². The summed E-state index contributed by atoms with van der Waals surface area (Å²) in [6, 6.07) is 7.37. The second-order valence-electron chi connectivity index (χ2n) is 4.47. The molecule has 2 aromatic heterocycles. The largest absolute Gasteiger partial charge is 0.478 e. The molecule has 0 bridgehead atoms. The SMILES string of the molecule is COc1nc2[nH]c(C(F)(F)F)nc2nc1Nc1cccc(I)c1. The summed E-state index contributed by atoms with van der Waals surface area (Å²) >= 11 is 2.14. The minimum absolute atomic E-state index is 0.0636. The number of fused-ring (bicyclic) bond motifs is 1. The molecule has 0 aliphatic rings. The predicted molar refractivity (Wildman–Crippen MR) is 85.7 cm³/mol. The van der Waals surface area contributed by atoms with Crippen LogP contribution in [0.1, 0.15) is 5.82 Å². The average molecular weight is 435 g/mol. The van der Waals surface area contributed by atoms with E-state index in [0.717, 1.165) is 3.57 Å². The lowest BCUT2D eigenvalue weighted by Gasteiger charge is -2.09. The number of nitrogens with one attached hydrogen (secondary N) is 2. The number of ether oxygens (including phenoxy) is 1. The van der Waals surface area contributed by atoms with Crippen LogP contribution in [0.3, 0.4) is 0 Å². The van der Waals surface area contributed by atoms with Gasteiger partial charge in [-0.3, -0.25) is 0 Å². The molecule has 0 saturated heterocycles. The van der Waals surface area contributed by atoms with Crippen LogP contribution in [0.2, 0.25) is 0 Å². The topological polar surface area (TPSA) is 75.7 Å². The van der Waals surface area contributed by atoms with Gasteiger partial charge in [-0.1, -0.05) is 6.07 Å². The van der Waals surface area contributed by atoms with Crippen molar-refractivity contribution >= 4 is 45.4 Å². The number of aromatic amines is 1. The molecule has 10 heteroatoms. The van der Waals surface area contributed by atoms with Crippen LogP contribution in [0.5, 0.6) is 5.88 Å². The molecule has 2 N–H and O–H groups in total.